The normalized spacial score (nSPS) is 0. The minimum Gasteiger partial charge on any atom is -2.00 e. The molecular formula is AlIn2OZn+9. The molecule has 0 aromatic heterocycles. The Morgan fingerprint density at radius 3 is 0.800 bits per heavy atom. The maximum absolute atomic E-state index is 0. The van der Waals surface area contributed by atoms with Crippen LogP contribution < -0.4 is 0 Å². The molecule has 0 saturated heterocycles. The summed E-state index contributed by atoms with van der Waals surface area (Å²) in [5, 5.41) is 0. The molecule has 0 saturated carbocycles. The van der Waals surface area contributed by atoms with Crippen LogP contribution >= 0.6 is 0 Å². The molecule has 0 aromatic rings. The fraction of sp³-hybridized carbons (Fsp3) is 0. The van der Waals surface area contributed by atoms with Gasteiger partial charge in [0.2, 0.25) is 0 Å². The maximum Gasteiger partial charge on any atom is 3.00 e. The van der Waals surface area contributed by atoms with Gasteiger partial charge in [-0.3, -0.25) is 0 Å². The van der Waals surface area contributed by atoms with Crippen molar-refractivity contribution in [2.75, 3.05) is 0 Å². The standard InChI is InChI=1S/Al.2In.O.Zn/q3*+3;-2;+2. The van der Waals surface area contributed by atoms with Gasteiger partial charge in [0.1, 0.15) is 0 Å². The number of hydrogen-bond donors (Lipinski definition) is 0. The second-order valence-electron chi connectivity index (χ2n) is 0. The third-order valence-corrected chi connectivity index (χ3v) is 0. The summed E-state index contributed by atoms with van der Waals surface area (Å²) in [6.45, 7) is 0. The average Bonchev–Trinajstić information content (AvgIpc) is 0. The first-order valence-corrected chi connectivity index (χ1v) is 0. The van der Waals surface area contributed by atoms with Crippen LogP contribution in [0.25, 0.3) is 0 Å². The summed E-state index contributed by atoms with van der Waals surface area (Å²) < 4.78 is 0. The van der Waals surface area contributed by atoms with Crippen LogP contribution in [0.2, 0.25) is 0 Å². The van der Waals surface area contributed by atoms with Gasteiger partial charge in [-0.2, -0.15) is 0 Å². The van der Waals surface area contributed by atoms with E-state index in [0.717, 1.165) is 0 Å². The van der Waals surface area contributed by atoms with Crippen molar-refractivity contribution in [3.63, 3.8) is 0 Å². The molecule has 0 spiro atoms. The zero-order valence-corrected chi connectivity index (χ0v) is 13.6. The molecule has 0 heterocycles. The van der Waals surface area contributed by atoms with E-state index in [-0.39, 0.29) is 94.0 Å². The van der Waals surface area contributed by atoms with Crippen LogP contribution in [0.15, 0.2) is 0 Å². The summed E-state index contributed by atoms with van der Waals surface area (Å²) in [4.78, 5) is 0. The van der Waals surface area contributed by atoms with Crippen LogP contribution in [0.1, 0.15) is 0 Å². The Morgan fingerprint density at radius 1 is 0.800 bits per heavy atom. The fourth-order valence-corrected chi connectivity index (χ4v) is 0. The summed E-state index contributed by atoms with van der Waals surface area (Å²) in [7, 11) is 0. The van der Waals surface area contributed by atoms with E-state index < -0.39 is 0 Å². The van der Waals surface area contributed by atoms with Crippen molar-refractivity contribution < 1.29 is 25.0 Å². The average molecular weight is 338 g/mol. The Kier molecular flexibility index (Phi) is 261. The Balaban J connectivity index is 0. The minimum atomic E-state index is 0. The Morgan fingerprint density at radius 2 is 0.800 bits per heavy atom. The molecule has 0 atom stereocenters. The summed E-state index contributed by atoms with van der Waals surface area (Å²) in [5.74, 6) is 0. The number of rotatable bonds is 0. The molecule has 0 aliphatic carbocycles. The van der Waals surface area contributed by atoms with Crippen molar-refractivity contribution in [1.29, 1.82) is 0 Å². The quantitative estimate of drug-likeness (QED) is 0.494. The monoisotopic (exact) mass is 337 g/mol. The van der Waals surface area contributed by atoms with Crippen molar-refractivity contribution in [3.8, 4) is 0 Å². The maximum atomic E-state index is 0. The van der Waals surface area contributed by atoms with Crippen molar-refractivity contribution in [2.24, 2.45) is 0 Å². The molecule has 0 N–H and O–H groups in total. The molecule has 1 nitrogen and oxygen atoms in total. The van der Waals surface area contributed by atoms with E-state index in [1.165, 1.54) is 0 Å². The second kappa shape index (κ2) is 28.8. The molecule has 0 aliphatic rings. The summed E-state index contributed by atoms with van der Waals surface area (Å²) in [5.41, 5.74) is 0. The van der Waals surface area contributed by atoms with Gasteiger partial charge < -0.3 is 5.48 Å². The summed E-state index contributed by atoms with van der Waals surface area (Å²) in [6, 6.07) is 0. The Labute approximate surface area is 92.4 Å². The Hall–Kier alpha value is 2.86. The zero-order chi connectivity index (χ0) is 0. The molecule has 0 radical (unpaired) electrons. The summed E-state index contributed by atoms with van der Waals surface area (Å²) in [6.07, 6.45) is 0. The molecule has 0 amide bonds. The van der Waals surface area contributed by atoms with Gasteiger partial charge in [-0.1, -0.05) is 0 Å². The van der Waals surface area contributed by atoms with Gasteiger partial charge in [-0.05, 0) is 0 Å². The molecule has 0 bridgehead atoms. The first-order valence-electron chi connectivity index (χ1n) is 0. The van der Waals surface area contributed by atoms with Gasteiger partial charge in [0.25, 0.3) is 0 Å². The van der Waals surface area contributed by atoms with Gasteiger partial charge in [-0.25, -0.2) is 0 Å². The van der Waals surface area contributed by atoms with E-state index in [9.17, 15) is 0 Å². The first kappa shape index (κ1) is 45.3. The molecule has 5 heteroatoms. The molecule has 0 rings (SSSR count). The van der Waals surface area contributed by atoms with Crippen LogP contribution in [-0.4, -0.2) is 69.0 Å². The molecule has 0 fully saturated rings. The van der Waals surface area contributed by atoms with E-state index in [1.807, 2.05) is 0 Å². The van der Waals surface area contributed by atoms with E-state index in [4.69, 9.17) is 0 Å². The van der Waals surface area contributed by atoms with Crippen molar-refractivity contribution in [1.82, 2.24) is 0 Å². The predicted octanol–water partition coefficient (Wildman–Crippen LogP) is -1.26. The molecule has 0 unspecified atom stereocenters. The molecule has 5 heavy (non-hydrogen) atoms. The molecule has 0 aromatic carbocycles. The van der Waals surface area contributed by atoms with Crippen molar-refractivity contribution >= 4 is 69.0 Å². The van der Waals surface area contributed by atoms with Crippen LogP contribution in [0.4, 0.5) is 0 Å². The predicted molar refractivity (Wildman–Crippen MR) is 17.9 cm³/mol. The third kappa shape index (κ3) is 19.8. The van der Waals surface area contributed by atoms with Crippen molar-refractivity contribution in [2.45, 2.75) is 0 Å². The van der Waals surface area contributed by atoms with E-state index in [1.54, 1.807) is 0 Å². The van der Waals surface area contributed by atoms with E-state index >= 15 is 0 Å². The van der Waals surface area contributed by atoms with Gasteiger partial charge in [0.05, 0.1) is 0 Å². The molecule has 8 valence electrons. The molecular weight excluding hydrogens is 338 g/mol. The van der Waals surface area contributed by atoms with Crippen LogP contribution in [0.3, 0.4) is 0 Å². The summed E-state index contributed by atoms with van der Waals surface area (Å²) >= 11 is 0. The fourth-order valence-electron chi connectivity index (χ4n) is 0. The van der Waals surface area contributed by atoms with Crippen LogP contribution in [0.5, 0.6) is 0 Å². The molecule has 0 aliphatic heterocycles. The first-order chi connectivity index (χ1) is 0. The smallest absolute Gasteiger partial charge is 2.00 e. The van der Waals surface area contributed by atoms with E-state index in [0.29, 0.717) is 0 Å². The second-order valence-corrected chi connectivity index (χ2v) is 0. The van der Waals surface area contributed by atoms with Gasteiger partial charge in [-0.15, -0.1) is 0 Å². The van der Waals surface area contributed by atoms with E-state index in [2.05, 4.69) is 0 Å². The van der Waals surface area contributed by atoms with Gasteiger partial charge in [0.15, 0.2) is 0 Å². The topological polar surface area (TPSA) is 28.5 Å². The van der Waals surface area contributed by atoms with Gasteiger partial charge >= 0.3 is 88.5 Å². The zero-order valence-electron chi connectivity index (χ0n) is 2.85. The SMILES string of the molecule is [Al+3].[In+3].[In+3].[O-2].[Zn+2]. The number of hydrogen-bond acceptors (Lipinski definition) is 0. The van der Waals surface area contributed by atoms with Gasteiger partial charge in [0, 0.05) is 0 Å². The van der Waals surface area contributed by atoms with Crippen LogP contribution in [0, 0.1) is 0 Å². The van der Waals surface area contributed by atoms with Crippen LogP contribution in [-0.2, 0) is 25.0 Å². The largest absolute Gasteiger partial charge is 3.00 e. The third-order valence-electron chi connectivity index (χ3n) is 0. The Bertz CT molecular complexity index is 9.61. The minimum absolute atomic E-state index is 0. The van der Waals surface area contributed by atoms with Crippen molar-refractivity contribution in [3.05, 3.63) is 0 Å².